The van der Waals surface area contributed by atoms with Crippen molar-refractivity contribution in [1.82, 2.24) is 0 Å². The highest BCUT2D eigenvalue weighted by atomic mass is 28.4. The molecule has 0 aromatic rings. The molecule has 4 unspecified atom stereocenters. The van der Waals surface area contributed by atoms with Crippen molar-refractivity contribution in [3.05, 3.63) is 11.6 Å². The molecule has 0 aromatic carbocycles. The number of aliphatic hydroxyl groups is 1. The van der Waals surface area contributed by atoms with Crippen LogP contribution in [0.15, 0.2) is 16.8 Å². The van der Waals surface area contributed by atoms with Gasteiger partial charge in [-0.15, -0.1) is 0 Å². The molecular formula is C40H79NO6Si4. The van der Waals surface area contributed by atoms with E-state index >= 15 is 0 Å². The molecule has 0 amide bonds. The zero-order valence-electron chi connectivity index (χ0n) is 36.2. The first-order chi connectivity index (χ1) is 22.9. The van der Waals surface area contributed by atoms with Gasteiger partial charge in [0, 0.05) is 17.4 Å². The van der Waals surface area contributed by atoms with Crippen LogP contribution in [-0.4, -0.2) is 80.7 Å². The standard InChI is InChI=1S/C40H79NO6Si4/c1-28(34(44-48(7,8)9)21-22-37(2,3)47-51(16,17)18)29-20-24-40(42)31-25-33(41-43-6)32-26-35(45-49(10,11)12)36(46-50(13,14)15)27-38(32,4)30(31)19-23-39(29,40)5/h25,28-30,32,34-36,42H,19-24,26-27H2,1-18H3/b41-33-/t28-,29+,30-,32?,34?,35?,36?,38+,39+,40+/m0/s1. The molecule has 0 heterocycles. The molecule has 10 atom stereocenters. The Kier molecular flexibility index (Phi) is 12.6. The Morgan fingerprint density at radius 1 is 0.843 bits per heavy atom. The summed E-state index contributed by atoms with van der Waals surface area (Å²) >= 11 is 0. The smallest absolute Gasteiger partial charge is 0.184 e. The molecule has 0 saturated heterocycles. The summed E-state index contributed by atoms with van der Waals surface area (Å²) in [5.41, 5.74) is 0.716. The lowest BCUT2D eigenvalue weighted by Gasteiger charge is -2.61. The van der Waals surface area contributed by atoms with Crippen LogP contribution < -0.4 is 0 Å². The fourth-order valence-electron chi connectivity index (χ4n) is 11.1. The monoisotopic (exact) mass is 781 g/mol. The van der Waals surface area contributed by atoms with E-state index in [0.717, 1.165) is 57.1 Å². The second kappa shape index (κ2) is 14.8. The van der Waals surface area contributed by atoms with Gasteiger partial charge in [-0.2, -0.15) is 0 Å². The van der Waals surface area contributed by atoms with Gasteiger partial charge in [0.15, 0.2) is 33.3 Å². The van der Waals surface area contributed by atoms with Crippen LogP contribution in [0.5, 0.6) is 0 Å². The van der Waals surface area contributed by atoms with Crippen LogP contribution in [0.2, 0.25) is 78.6 Å². The van der Waals surface area contributed by atoms with Crippen molar-refractivity contribution in [2.75, 3.05) is 7.11 Å². The van der Waals surface area contributed by atoms with E-state index in [4.69, 9.17) is 27.7 Å². The summed E-state index contributed by atoms with van der Waals surface area (Å²) in [7, 11) is -5.55. The van der Waals surface area contributed by atoms with E-state index in [1.807, 2.05) is 0 Å². The normalized spacial score (nSPS) is 37.0. The third kappa shape index (κ3) is 9.82. The molecule has 0 aliphatic heterocycles. The highest BCUT2D eigenvalue weighted by Gasteiger charge is 2.67. The SMILES string of the molecule is CO/N=C1/C=C2[C@H](CC[C@]3(C)[C@@H]([C@H](C)C(CCC(C)(C)O[Si](C)(C)C)O[Si](C)(C)C)CC[C@@]23O)[C@@]2(C)CC(O[Si](C)(C)C)C(O[Si](C)(C)C)CC12. The van der Waals surface area contributed by atoms with E-state index in [-0.39, 0.29) is 46.6 Å². The molecule has 4 rings (SSSR count). The molecule has 0 spiro atoms. The Balaban J connectivity index is 1.70. The predicted molar refractivity (Wildman–Crippen MR) is 223 cm³/mol. The minimum absolute atomic E-state index is 0.0385. The van der Waals surface area contributed by atoms with Gasteiger partial charge in [0.2, 0.25) is 0 Å². The van der Waals surface area contributed by atoms with Crippen molar-refractivity contribution in [2.45, 2.75) is 194 Å². The predicted octanol–water partition coefficient (Wildman–Crippen LogP) is 10.6. The molecule has 51 heavy (non-hydrogen) atoms. The van der Waals surface area contributed by atoms with Crippen molar-refractivity contribution in [2.24, 2.45) is 39.7 Å². The fraction of sp³-hybridized carbons (Fsp3) is 0.925. The van der Waals surface area contributed by atoms with E-state index in [0.29, 0.717) is 11.8 Å². The number of hydrogen-bond acceptors (Lipinski definition) is 7. The molecule has 0 bridgehead atoms. The van der Waals surface area contributed by atoms with E-state index in [1.165, 1.54) is 5.57 Å². The number of hydrogen-bond donors (Lipinski definition) is 1. The molecule has 4 aliphatic carbocycles. The molecular weight excluding hydrogens is 703 g/mol. The summed E-state index contributed by atoms with van der Waals surface area (Å²) in [5, 5.41) is 18.0. The largest absolute Gasteiger partial charge is 0.414 e. The van der Waals surface area contributed by atoms with Gasteiger partial charge in [0.1, 0.15) is 7.11 Å². The van der Waals surface area contributed by atoms with Gasteiger partial charge >= 0.3 is 0 Å². The molecule has 3 saturated carbocycles. The Morgan fingerprint density at radius 2 is 1.43 bits per heavy atom. The van der Waals surface area contributed by atoms with Crippen molar-refractivity contribution in [3.63, 3.8) is 0 Å². The second-order valence-electron chi connectivity index (χ2n) is 22.0. The number of rotatable bonds is 14. The van der Waals surface area contributed by atoms with Crippen LogP contribution in [-0.2, 0) is 22.5 Å². The first kappa shape index (κ1) is 43.6. The quantitative estimate of drug-likeness (QED) is 0.140. The first-order valence-corrected chi connectivity index (χ1v) is 33.9. The van der Waals surface area contributed by atoms with Gasteiger partial charge in [0.25, 0.3) is 0 Å². The van der Waals surface area contributed by atoms with Crippen molar-refractivity contribution >= 4 is 39.0 Å². The molecule has 296 valence electrons. The summed E-state index contributed by atoms with van der Waals surface area (Å²) in [4.78, 5) is 5.57. The van der Waals surface area contributed by atoms with Crippen LogP contribution in [0.3, 0.4) is 0 Å². The van der Waals surface area contributed by atoms with Gasteiger partial charge in [-0.1, -0.05) is 25.9 Å². The zero-order chi connectivity index (χ0) is 38.8. The maximum Gasteiger partial charge on any atom is 0.184 e. The highest BCUT2D eigenvalue weighted by Crippen LogP contribution is 2.68. The lowest BCUT2D eigenvalue weighted by molar-refractivity contribution is -0.122. The average molecular weight is 782 g/mol. The lowest BCUT2D eigenvalue weighted by Crippen LogP contribution is -2.62. The zero-order valence-corrected chi connectivity index (χ0v) is 40.2. The Bertz CT molecular complexity index is 1300. The number of nitrogens with zero attached hydrogens (tertiary/aromatic N) is 1. The maximum absolute atomic E-state index is 13.3. The maximum atomic E-state index is 13.3. The molecule has 4 aliphatic rings. The van der Waals surface area contributed by atoms with Gasteiger partial charge in [-0.05, 0) is 179 Å². The Morgan fingerprint density at radius 3 is 1.96 bits per heavy atom. The van der Waals surface area contributed by atoms with E-state index < -0.39 is 38.9 Å². The highest BCUT2D eigenvalue weighted by molar-refractivity contribution is 6.71. The van der Waals surface area contributed by atoms with Crippen LogP contribution in [0.1, 0.15) is 86.0 Å². The Hall–Kier alpha value is -0.122. The molecule has 0 aromatic heterocycles. The van der Waals surface area contributed by atoms with Gasteiger partial charge in [-0.25, -0.2) is 0 Å². The molecule has 7 nitrogen and oxygen atoms in total. The Labute approximate surface area is 317 Å². The van der Waals surface area contributed by atoms with E-state index in [2.05, 4.69) is 119 Å². The lowest BCUT2D eigenvalue weighted by atomic mass is 9.45. The van der Waals surface area contributed by atoms with Gasteiger partial charge in [-0.3, -0.25) is 0 Å². The van der Waals surface area contributed by atoms with Gasteiger partial charge in [0.05, 0.1) is 29.1 Å². The van der Waals surface area contributed by atoms with Crippen LogP contribution >= 0.6 is 0 Å². The van der Waals surface area contributed by atoms with Crippen molar-refractivity contribution in [3.8, 4) is 0 Å². The first-order valence-electron chi connectivity index (χ1n) is 20.2. The van der Waals surface area contributed by atoms with Crippen LogP contribution in [0.4, 0.5) is 0 Å². The van der Waals surface area contributed by atoms with Crippen LogP contribution in [0, 0.1) is 34.5 Å². The van der Waals surface area contributed by atoms with Crippen LogP contribution in [0.25, 0.3) is 0 Å². The summed E-state index contributed by atoms with van der Waals surface area (Å²) in [6.07, 6.45) is 10.1. The third-order valence-electron chi connectivity index (χ3n) is 12.7. The second-order valence-corrected chi connectivity index (χ2v) is 39.8. The van der Waals surface area contributed by atoms with E-state index in [9.17, 15) is 5.11 Å². The number of allylic oxidation sites excluding steroid dienone is 1. The minimum Gasteiger partial charge on any atom is -0.414 e. The average Bonchev–Trinajstić information content (AvgIpc) is 3.19. The van der Waals surface area contributed by atoms with Gasteiger partial charge < -0.3 is 27.6 Å². The summed E-state index contributed by atoms with van der Waals surface area (Å²) in [6, 6.07) is 0. The molecule has 0 radical (unpaired) electrons. The molecule has 1 N–H and O–H groups in total. The van der Waals surface area contributed by atoms with Crippen molar-refractivity contribution < 1.29 is 27.6 Å². The fourth-order valence-corrected chi connectivity index (χ4v) is 16.4. The summed E-state index contributed by atoms with van der Waals surface area (Å²) in [5.74, 6) is 1.12. The van der Waals surface area contributed by atoms with E-state index in [1.54, 1.807) is 7.11 Å². The molecule has 11 heteroatoms. The third-order valence-corrected chi connectivity index (χ3v) is 16.9. The molecule has 3 fully saturated rings. The minimum atomic E-state index is -1.85. The topological polar surface area (TPSA) is 78.7 Å². The van der Waals surface area contributed by atoms with Crippen molar-refractivity contribution in [1.29, 1.82) is 0 Å². The number of fused-ring (bicyclic) bond motifs is 5. The summed E-state index contributed by atoms with van der Waals surface area (Å²) in [6.45, 7) is 39.3. The summed E-state index contributed by atoms with van der Waals surface area (Å²) < 4.78 is 27.7. The number of oxime groups is 1.